The molecule has 1 unspecified atom stereocenters. The fourth-order valence-electron chi connectivity index (χ4n) is 4.19. The third-order valence-electron chi connectivity index (χ3n) is 5.69. The third kappa shape index (κ3) is 3.98. The van der Waals surface area contributed by atoms with Gasteiger partial charge in [-0.05, 0) is 71.2 Å². The average Bonchev–Trinajstić information content (AvgIpc) is 2.73. The van der Waals surface area contributed by atoms with Gasteiger partial charge in [0.15, 0.2) is 0 Å². The van der Waals surface area contributed by atoms with Crippen LogP contribution in [0.2, 0.25) is 0 Å². The minimum Gasteiger partial charge on any atom is -0.481 e. The second-order valence-corrected chi connectivity index (χ2v) is 6.89. The van der Waals surface area contributed by atoms with Gasteiger partial charge in [-0.2, -0.15) is 0 Å². The molecule has 1 N–H and O–H groups in total. The molecular weight excluding hydrogens is 264 g/mol. The van der Waals surface area contributed by atoms with Crippen LogP contribution in [0.5, 0.6) is 0 Å². The maximum absolute atomic E-state index is 11.7. The van der Waals surface area contributed by atoms with Crippen LogP contribution in [0.3, 0.4) is 0 Å². The van der Waals surface area contributed by atoms with Crippen LogP contribution in [0.1, 0.15) is 58.8 Å². The summed E-state index contributed by atoms with van der Waals surface area (Å²) in [5.41, 5.74) is -0.439. The van der Waals surface area contributed by atoms with Crippen LogP contribution in [-0.2, 0) is 4.79 Å². The van der Waals surface area contributed by atoms with Crippen molar-refractivity contribution in [1.29, 1.82) is 0 Å². The minimum atomic E-state index is -0.568. The van der Waals surface area contributed by atoms with Crippen LogP contribution >= 0.6 is 0 Å². The number of carbonyl (C=O) groups is 1. The number of likely N-dealkylation sites (tertiary alicyclic amines) is 2. The molecule has 1 atom stereocenters. The summed E-state index contributed by atoms with van der Waals surface area (Å²) in [5.74, 6) is -0.568. The summed E-state index contributed by atoms with van der Waals surface area (Å²) >= 11 is 0. The molecule has 0 bridgehead atoms. The third-order valence-corrected chi connectivity index (χ3v) is 5.69. The number of aliphatic carboxylic acids is 1. The summed E-state index contributed by atoms with van der Waals surface area (Å²) < 4.78 is 0. The molecule has 4 nitrogen and oxygen atoms in total. The summed E-state index contributed by atoms with van der Waals surface area (Å²) in [4.78, 5) is 16.8. The van der Waals surface area contributed by atoms with Crippen LogP contribution in [0.25, 0.3) is 0 Å². The molecule has 2 saturated heterocycles. The van der Waals surface area contributed by atoms with E-state index in [-0.39, 0.29) is 0 Å². The van der Waals surface area contributed by atoms with E-state index in [0.29, 0.717) is 6.04 Å². The Hall–Kier alpha value is -0.610. The quantitative estimate of drug-likeness (QED) is 0.847. The fraction of sp³-hybridized carbons (Fsp3) is 0.941. The molecule has 0 radical (unpaired) electrons. The van der Waals surface area contributed by atoms with Gasteiger partial charge < -0.3 is 14.9 Å². The Morgan fingerprint density at radius 1 is 1.14 bits per heavy atom. The molecule has 21 heavy (non-hydrogen) atoms. The van der Waals surface area contributed by atoms with E-state index in [0.717, 1.165) is 45.3 Å². The smallest absolute Gasteiger partial charge is 0.309 e. The van der Waals surface area contributed by atoms with E-state index in [1.165, 1.54) is 32.4 Å². The van der Waals surface area contributed by atoms with E-state index < -0.39 is 11.4 Å². The Morgan fingerprint density at radius 2 is 1.86 bits per heavy atom. The summed E-state index contributed by atoms with van der Waals surface area (Å²) in [6, 6.07) is 0.676. The first-order chi connectivity index (χ1) is 10.1. The van der Waals surface area contributed by atoms with E-state index >= 15 is 0 Å². The van der Waals surface area contributed by atoms with E-state index in [2.05, 4.69) is 23.6 Å². The Kier molecular flexibility index (Phi) is 6.06. The highest BCUT2D eigenvalue weighted by Gasteiger charge is 2.41. The molecular formula is C17H32N2O2. The maximum atomic E-state index is 11.7. The van der Waals surface area contributed by atoms with Crippen molar-refractivity contribution in [2.24, 2.45) is 5.41 Å². The maximum Gasteiger partial charge on any atom is 0.309 e. The standard InChI is InChI=1S/C17H32N2O2/c1-3-8-17(16(20)21)9-13-19(14-10-17)15-6-5-11-18(4-2)12-7-15/h15H,3-14H2,1-2H3,(H,20,21). The summed E-state index contributed by atoms with van der Waals surface area (Å²) in [5, 5.41) is 9.60. The van der Waals surface area contributed by atoms with Gasteiger partial charge in [0.2, 0.25) is 0 Å². The molecule has 0 aromatic carbocycles. The van der Waals surface area contributed by atoms with Crippen molar-refractivity contribution in [3.05, 3.63) is 0 Å². The summed E-state index contributed by atoms with van der Waals surface area (Å²) in [6.07, 6.45) is 7.31. The number of hydrogen-bond donors (Lipinski definition) is 1. The first kappa shape index (κ1) is 16.8. The van der Waals surface area contributed by atoms with Crippen LogP contribution in [-0.4, -0.2) is 59.6 Å². The normalized spacial score (nSPS) is 28.2. The number of carboxylic acids is 1. The van der Waals surface area contributed by atoms with Gasteiger partial charge >= 0.3 is 5.97 Å². The highest BCUT2D eigenvalue weighted by molar-refractivity contribution is 5.74. The zero-order valence-electron chi connectivity index (χ0n) is 13.8. The highest BCUT2D eigenvalue weighted by Crippen LogP contribution is 2.37. The van der Waals surface area contributed by atoms with Gasteiger partial charge in [-0.15, -0.1) is 0 Å². The Bertz CT molecular complexity index is 338. The van der Waals surface area contributed by atoms with Gasteiger partial charge in [0.05, 0.1) is 5.41 Å². The van der Waals surface area contributed by atoms with Crippen molar-refractivity contribution in [3.8, 4) is 0 Å². The molecule has 122 valence electrons. The molecule has 4 heteroatoms. The van der Waals surface area contributed by atoms with Gasteiger partial charge in [-0.1, -0.05) is 20.3 Å². The predicted octanol–water partition coefficient (Wildman–Crippen LogP) is 2.83. The predicted molar refractivity (Wildman–Crippen MR) is 85.5 cm³/mol. The van der Waals surface area contributed by atoms with Crippen LogP contribution in [0.15, 0.2) is 0 Å². The van der Waals surface area contributed by atoms with E-state index in [1.54, 1.807) is 0 Å². The lowest BCUT2D eigenvalue weighted by molar-refractivity contribution is -0.153. The fourth-order valence-corrected chi connectivity index (χ4v) is 4.19. The first-order valence-electron chi connectivity index (χ1n) is 8.81. The zero-order valence-corrected chi connectivity index (χ0v) is 13.8. The number of rotatable bonds is 5. The average molecular weight is 296 g/mol. The molecule has 0 saturated carbocycles. The Balaban J connectivity index is 1.89. The molecule has 0 aromatic rings. The van der Waals surface area contributed by atoms with Crippen LogP contribution in [0, 0.1) is 5.41 Å². The van der Waals surface area contributed by atoms with E-state index in [4.69, 9.17) is 0 Å². The van der Waals surface area contributed by atoms with Gasteiger partial charge in [0.25, 0.3) is 0 Å². The van der Waals surface area contributed by atoms with E-state index in [1.807, 2.05) is 0 Å². The molecule has 2 aliphatic heterocycles. The highest BCUT2D eigenvalue weighted by atomic mass is 16.4. The second kappa shape index (κ2) is 7.59. The molecule has 0 aliphatic carbocycles. The summed E-state index contributed by atoms with van der Waals surface area (Å²) in [6.45, 7) is 9.89. The second-order valence-electron chi connectivity index (χ2n) is 6.89. The topological polar surface area (TPSA) is 43.8 Å². The van der Waals surface area contributed by atoms with Crippen molar-refractivity contribution in [3.63, 3.8) is 0 Å². The largest absolute Gasteiger partial charge is 0.481 e. The molecule has 2 rings (SSSR count). The van der Waals surface area contributed by atoms with Gasteiger partial charge in [0.1, 0.15) is 0 Å². The Labute approximate surface area is 129 Å². The number of hydrogen-bond acceptors (Lipinski definition) is 3. The minimum absolute atomic E-state index is 0.439. The number of piperidine rings is 1. The van der Waals surface area contributed by atoms with Gasteiger partial charge in [-0.25, -0.2) is 0 Å². The van der Waals surface area contributed by atoms with Gasteiger partial charge in [-0.3, -0.25) is 4.79 Å². The Morgan fingerprint density at radius 3 is 2.43 bits per heavy atom. The molecule has 0 aromatic heterocycles. The molecule has 2 heterocycles. The van der Waals surface area contributed by atoms with Crippen LogP contribution < -0.4 is 0 Å². The first-order valence-corrected chi connectivity index (χ1v) is 8.81. The molecule has 0 spiro atoms. The monoisotopic (exact) mass is 296 g/mol. The van der Waals surface area contributed by atoms with Crippen molar-refractivity contribution in [2.75, 3.05) is 32.7 Å². The van der Waals surface area contributed by atoms with Crippen molar-refractivity contribution < 1.29 is 9.90 Å². The van der Waals surface area contributed by atoms with Gasteiger partial charge in [0, 0.05) is 6.04 Å². The molecule has 0 amide bonds. The van der Waals surface area contributed by atoms with Crippen molar-refractivity contribution in [1.82, 2.24) is 9.80 Å². The molecule has 2 fully saturated rings. The SMILES string of the molecule is CCCC1(C(=O)O)CCN(C2CCCN(CC)CC2)CC1. The number of carboxylic acid groups (broad SMARTS) is 1. The van der Waals surface area contributed by atoms with Crippen LogP contribution in [0.4, 0.5) is 0 Å². The summed E-state index contributed by atoms with van der Waals surface area (Å²) in [7, 11) is 0. The number of nitrogens with zero attached hydrogens (tertiary/aromatic N) is 2. The lowest BCUT2D eigenvalue weighted by Crippen LogP contribution is -2.48. The molecule has 2 aliphatic rings. The van der Waals surface area contributed by atoms with Crippen molar-refractivity contribution >= 4 is 5.97 Å². The van der Waals surface area contributed by atoms with E-state index in [9.17, 15) is 9.90 Å². The lowest BCUT2D eigenvalue weighted by Gasteiger charge is -2.42. The zero-order chi connectivity index (χ0) is 15.3. The lowest BCUT2D eigenvalue weighted by atomic mass is 9.74. The van der Waals surface area contributed by atoms with Crippen molar-refractivity contribution in [2.45, 2.75) is 64.8 Å².